The van der Waals surface area contributed by atoms with Crippen molar-refractivity contribution in [2.45, 2.75) is 90.9 Å². The van der Waals surface area contributed by atoms with E-state index in [0.717, 1.165) is 25.0 Å². The topological polar surface area (TPSA) is 52.6 Å². The van der Waals surface area contributed by atoms with Gasteiger partial charge in [0.15, 0.2) is 0 Å². The second-order valence-corrected chi connectivity index (χ2v) is 6.14. The molecule has 0 bridgehead atoms. The van der Waals surface area contributed by atoms with Crippen molar-refractivity contribution in [3.8, 4) is 0 Å². The highest BCUT2D eigenvalue weighted by Gasteiger charge is 2.00. The van der Waals surface area contributed by atoms with Gasteiger partial charge in [0.1, 0.15) is 0 Å². The molecule has 140 valence electrons. The molecular formula is C20H36O4. The zero-order valence-electron chi connectivity index (χ0n) is 15.7. The predicted molar refractivity (Wildman–Crippen MR) is 97.8 cm³/mol. The number of carbonyl (C=O) groups excluding carboxylic acids is 2. The molecule has 0 fully saturated rings. The monoisotopic (exact) mass is 340 g/mol. The van der Waals surface area contributed by atoms with E-state index in [1.54, 1.807) is 6.92 Å². The van der Waals surface area contributed by atoms with Crippen LogP contribution in [0.2, 0.25) is 0 Å². The van der Waals surface area contributed by atoms with Gasteiger partial charge in [0.05, 0.1) is 13.2 Å². The molecule has 0 aromatic heterocycles. The summed E-state index contributed by atoms with van der Waals surface area (Å²) in [5.41, 5.74) is 0. The Bertz CT molecular complexity index is 337. The molecule has 0 rings (SSSR count). The smallest absolute Gasteiger partial charge is 0.331 e. The summed E-state index contributed by atoms with van der Waals surface area (Å²) >= 11 is 0. The highest BCUT2D eigenvalue weighted by Crippen LogP contribution is 2.11. The van der Waals surface area contributed by atoms with Crippen molar-refractivity contribution in [2.24, 2.45) is 0 Å². The summed E-state index contributed by atoms with van der Waals surface area (Å²) in [6.45, 7) is 4.69. The van der Waals surface area contributed by atoms with Gasteiger partial charge < -0.3 is 9.47 Å². The molecule has 4 nitrogen and oxygen atoms in total. The zero-order valence-corrected chi connectivity index (χ0v) is 15.7. The third kappa shape index (κ3) is 17.0. The Morgan fingerprint density at radius 3 is 1.50 bits per heavy atom. The standard InChI is InChI=1S/C20H36O4/c1-3-5-6-7-8-9-10-11-12-13-14-15-18-24-20(22)17-16-19(21)23-4-2/h16-17H,3-15,18H2,1-2H3/b17-16+. The van der Waals surface area contributed by atoms with E-state index in [2.05, 4.69) is 11.7 Å². The van der Waals surface area contributed by atoms with Crippen molar-refractivity contribution in [1.82, 2.24) is 0 Å². The quantitative estimate of drug-likeness (QED) is 0.216. The van der Waals surface area contributed by atoms with E-state index < -0.39 is 11.9 Å². The summed E-state index contributed by atoms with van der Waals surface area (Å²) < 4.78 is 9.71. The Hall–Kier alpha value is -1.32. The van der Waals surface area contributed by atoms with Gasteiger partial charge in [0.2, 0.25) is 0 Å². The van der Waals surface area contributed by atoms with Crippen LogP contribution < -0.4 is 0 Å². The van der Waals surface area contributed by atoms with Gasteiger partial charge >= 0.3 is 11.9 Å². The zero-order chi connectivity index (χ0) is 17.9. The van der Waals surface area contributed by atoms with Crippen molar-refractivity contribution < 1.29 is 19.1 Å². The van der Waals surface area contributed by atoms with E-state index in [1.807, 2.05) is 0 Å². The number of hydrogen-bond donors (Lipinski definition) is 0. The molecule has 0 atom stereocenters. The summed E-state index contributed by atoms with van der Waals surface area (Å²) in [4.78, 5) is 22.4. The molecule has 0 saturated heterocycles. The molecule has 24 heavy (non-hydrogen) atoms. The first kappa shape index (κ1) is 22.7. The lowest BCUT2D eigenvalue weighted by Gasteiger charge is -2.03. The van der Waals surface area contributed by atoms with Gasteiger partial charge in [0, 0.05) is 12.2 Å². The molecule has 0 aromatic carbocycles. The van der Waals surface area contributed by atoms with Gasteiger partial charge in [-0.15, -0.1) is 0 Å². The van der Waals surface area contributed by atoms with Gasteiger partial charge in [-0.05, 0) is 13.3 Å². The number of rotatable bonds is 16. The average molecular weight is 341 g/mol. The molecule has 0 spiro atoms. The Balaban J connectivity index is 3.27. The van der Waals surface area contributed by atoms with Crippen LogP contribution in [0.5, 0.6) is 0 Å². The van der Waals surface area contributed by atoms with Crippen LogP contribution in [0.3, 0.4) is 0 Å². The minimum absolute atomic E-state index is 0.303. The van der Waals surface area contributed by atoms with Crippen LogP contribution in [0.1, 0.15) is 90.9 Å². The molecule has 0 unspecified atom stereocenters. The summed E-state index contributed by atoms with van der Waals surface area (Å²) in [6.07, 6.45) is 17.6. The third-order valence-electron chi connectivity index (χ3n) is 3.88. The Kier molecular flexibility index (Phi) is 17.0. The molecule has 0 N–H and O–H groups in total. The highest BCUT2D eigenvalue weighted by atomic mass is 16.5. The molecule has 0 aliphatic rings. The first-order chi connectivity index (χ1) is 11.7. The second kappa shape index (κ2) is 18.0. The Morgan fingerprint density at radius 1 is 0.625 bits per heavy atom. The van der Waals surface area contributed by atoms with E-state index in [4.69, 9.17) is 4.74 Å². The summed E-state index contributed by atoms with van der Waals surface area (Å²) in [6, 6.07) is 0. The van der Waals surface area contributed by atoms with Gasteiger partial charge in [-0.2, -0.15) is 0 Å². The fourth-order valence-corrected chi connectivity index (χ4v) is 2.49. The molecule has 0 saturated carbocycles. The van der Waals surface area contributed by atoms with Crippen LogP contribution in [0, 0.1) is 0 Å². The lowest BCUT2D eigenvalue weighted by atomic mass is 10.1. The average Bonchev–Trinajstić information content (AvgIpc) is 2.57. The van der Waals surface area contributed by atoms with Crippen LogP contribution in [0.4, 0.5) is 0 Å². The lowest BCUT2D eigenvalue weighted by Crippen LogP contribution is -2.05. The van der Waals surface area contributed by atoms with Crippen molar-refractivity contribution in [2.75, 3.05) is 13.2 Å². The number of hydrogen-bond acceptors (Lipinski definition) is 4. The maximum Gasteiger partial charge on any atom is 0.331 e. The minimum atomic E-state index is -0.514. The molecule has 0 heterocycles. The first-order valence-corrected chi connectivity index (χ1v) is 9.72. The number of ether oxygens (including phenoxy) is 2. The maximum absolute atomic E-state index is 11.3. The number of esters is 2. The van der Waals surface area contributed by atoms with E-state index in [-0.39, 0.29) is 0 Å². The first-order valence-electron chi connectivity index (χ1n) is 9.72. The molecule has 0 amide bonds. The van der Waals surface area contributed by atoms with Crippen LogP contribution >= 0.6 is 0 Å². The number of carbonyl (C=O) groups is 2. The molecule has 0 aliphatic heterocycles. The summed E-state index contributed by atoms with van der Waals surface area (Å²) in [5.74, 6) is -0.995. The summed E-state index contributed by atoms with van der Waals surface area (Å²) in [7, 11) is 0. The van der Waals surface area contributed by atoms with Gasteiger partial charge in [-0.25, -0.2) is 9.59 Å². The molecular weight excluding hydrogens is 304 g/mol. The number of unbranched alkanes of at least 4 members (excludes halogenated alkanes) is 11. The maximum atomic E-state index is 11.3. The fourth-order valence-electron chi connectivity index (χ4n) is 2.49. The summed E-state index contributed by atoms with van der Waals surface area (Å²) in [5, 5.41) is 0. The van der Waals surface area contributed by atoms with E-state index >= 15 is 0 Å². The van der Waals surface area contributed by atoms with E-state index in [1.165, 1.54) is 64.2 Å². The lowest BCUT2D eigenvalue weighted by molar-refractivity contribution is -0.140. The van der Waals surface area contributed by atoms with E-state index in [0.29, 0.717) is 13.2 Å². The minimum Gasteiger partial charge on any atom is -0.463 e. The molecule has 0 aliphatic carbocycles. The van der Waals surface area contributed by atoms with Crippen LogP contribution in [-0.4, -0.2) is 25.2 Å². The Labute approximate surface area is 148 Å². The fraction of sp³-hybridized carbons (Fsp3) is 0.800. The van der Waals surface area contributed by atoms with Crippen LogP contribution in [0.15, 0.2) is 12.2 Å². The largest absolute Gasteiger partial charge is 0.463 e. The van der Waals surface area contributed by atoms with Gasteiger partial charge in [-0.1, -0.05) is 77.6 Å². The van der Waals surface area contributed by atoms with Gasteiger partial charge in [0.25, 0.3) is 0 Å². The Morgan fingerprint density at radius 2 is 1.04 bits per heavy atom. The molecule has 0 aromatic rings. The van der Waals surface area contributed by atoms with Gasteiger partial charge in [-0.3, -0.25) is 0 Å². The molecule has 4 heteroatoms. The predicted octanol–water partition coefficient (Wildman–Crippen LogP) is 5.35. The third-order valence-corrected chi connectivity index (χ3v) is 3.88. The van der Waals surface area contributed by atoms with Crippen molar-refractivity contribution in [3.63, 3.8) is 0 Å². The van der Waals surface area contributed by atoms with Crippen LogP contribution in [-0.2, 0) is 19.1 Å². The van der Waals surface area contributed by atoms with E-state index in [9.17, 15) is 9.59 Å². The van der Waals surface area contributed by atoms with Crippen molar-refractivity contribution >= 4 is 11.9 Å². The highest BCUT2D eigenvalue weighted by molar-refractivity contribution is 5.91. The van der Waals surface area contributed by atoms with Crippen molar-refractivity contribution in [1.29, 1.82) is 0 Å². The normalized spacial score (nSPS) is 10.9. The second-order valence-electron chi connectivity index (χ2n) is 6.14. The van der Waals surface area contributed by atoms with Crippen molar-refractivity contribution in [3.05, 3.63) is 12.2 Å². The molecule has 0 radical (unpaired) electrons. The van der Waals surface area contributed by atoms with Crippen LogP contribution in [0.25, 0.3) is 0 Å². The SMILES string of the molecule is CCCCCCCCCCCCCCOC(=O)/C=C/C(=O)OCC.